The number of nitrogens with zero attached hydrogens (tertiary/aromatic N) is 2. The lowest BCUT2D eigenvalue weighted by molar-refractivity contribution is 0.235. The third kappa shape index (κ3) is 1.66. The van der Waals surface area contributed by atoms with Crippen LogP contribution in [0.25, 0.3) is 0 Å². The number of fused-ring (bicyclic) bond motifs is 3. The maximum Gasteiger partial charge on any atom is 0.127 e. The SMILES string of the molecule is C=C1C=C2N(CCC2(C)CC)C2N=CC=CC2C1. The van der Waals surface area contributed by atoms with Crippen molar-refractivity contribution in [2.75, 3.05) is 6.54 Å². The highest BCUT2D eigenvalue weighted by molar-refractivity contribution is 5.72. The van der Waals surface area contributed by atoms with Gasteiger partial charge < -0.3 is 4.90 Å². The standard InChI is InChI=1S/C16H22N2/c1-4-16(3)7-9-18-14(16)11-12(2)10-13-6-5-8-17-15(13)18/h5-6,8,11,13,15H,2,4,7,9-10H2,1,3H3. The van der Waals surface area contributed by atoms with Crippen LogP contribution in [0.1, 0.15) is 33.1 Å². The molecule has 3 aliphatic rings. The summed E-state index contributed by atoms with van der Waals surface area (Å²) in [6, 6.07) is 0. The van der Waals surface area contributed by atoms with Crippen molar-refractivity contribution in [2.45, 2.75) is 39.3 Å². The molecule has 3 aliphatic heterocycles. The molecule has 0 bridgehead atoms. The maximum atomic E-state index is 4.72. The summed E-state index contributed by atoms with van der Waals surface area (Å²) in [4.78, 5) is 7.24. The molecular weight excluding hydrogens is 220 g/mol. The van der Waals surface area contributed by atoms with Crippen LogP contribution < -0.4 is 0 Å². The molecule has 3 heterocycles. The molecule has 18 heavy (non-hydrogen) atoms. The highest BCUT2D eigenvalue weighted by Crippen LogP contribution is 2.47. The van der Waals surface area contributed by atoms with Crippen molar-refractivity contribution in [1.29, 1.82) is 0 Å². The molecule has 1 fully saturated rings. The first-order chi connectivity index (χ1) is 8.64. The Morgan fingerprint density at radius 3 is 3.17 bits per heavy atom. The lowest BCUT2D eigenvalue weighted by atomic mass is 9.83. The number of hydrogen-bond donors (Lipinski definition) is 0. The topological polar surface area (TPSA) is 15.6 Å². The quantitative estimate of drug-likeness (QED) is 0.686. The lowest BCUT2D eigenvalue weighted by Gasteiger charge is -2.34. The van der Waals surface area contributed by atoms with Crippen molar-refractivity contribution in [3.05, 3.63) is 36.1 Å². The molecule has 0 spiro atoms. The fourth-order valence-electron chi connectivity index (χ4n) is 3.43. The normalized spacial score (nSPS) is 38.2. The molecule has 1 saturated heterocycles. The van der Waals surface area contributed by atoms with Crippen molar-refractivity contribution in [3.63, 3.8) is 0 Å². The Balaban J connectivity index is 2.02. The van der Waals surface area contributed by atoms with Crippen molar-refractivity contribution in [1.82, 2.24) is 4.90 Å². The van der Waals surface area contributed by atoms with E-state index in [-0.39, 0.29) is 0 Å². The Morgan fingerprint density at radius 2 is 2.39 bits per heavy atom. The molecule has 0 N–H and O–H groups in total. The van der Waals surface area contributed by atoms with Gasteiger partial charge in [-0.25, -0.2) is 0 Å². The molecule has 0 amide bonds. The first-order valence-electron chi connectivity index (χ1n) is 7.00. The van der Waals surface area contributed by atoms with Crippen LogP contribution in [-0.2, 0) is 0 Å². The summed E-state index contributed by atoms with van der Waals surface area (Å²) in [5.41, 5.74) is 3.04. The molecular formula is C16H22N2. The minimum absolute atomic E-state index is 0.300. The van der Waals surface area contributed by atoms with E-state index < -0.39 is 0 Å². The summed E-state index contributed by atoms with van der Waals surface area (Å²) in [6.07, 6.45) is 12.4. The Labute approximate surface area is 110 Å². The van der Waals surface area contributed by atoms with Gasteiger partial charge in [0.25, 0.3) is 0 Å². The third-order valence-corrected chi connectivity index (χ3v) is 4.84. The van der Waals surface area contributed by atoms with E-state index >= 15 is 0 Å². The Kier molecular flexibility index (Phi) is 2.69. The smallest absolute Gasteiger partial charge is 0.127 e. The van der Waals surface area contributed by atoms with Gasteiger partial charge in [-0.3, -0.25) is 4.99 Å². The van der Waals surface area contributed by atoms with Gasteiger partial charge in [-0.05, 0) is 31.4 Å². The number of hydrogen-bond acceptors (Lipinski definition) is 2. The van der Waals surface area contributed by atoms with E-state index in [1.165, 1.54) is 24.1 Å². The maximum absolute atomic E-state index is 4.72. The zero-order valence-electron chi connectivity index (χ0n) is 11.4. The Morgan fingerprint density at radius 1 is 1.56 bits per heavy atom. The van der Waals surface area contributed by atoms with E-state index in [0.717, 1.165) is 13.0 Å². The average molecular weight is 242 g/mol. The van der Waals surface area contributed by atoms with Crippen LogP contribution in [0, 0.1) is 11.3 Å². The van der Waals surface area contributed by atoms with Crippen LogP contribution >= 0.6 is 0 Å². The van der Waals surface area contributed by atoms with Crippen molar-refractivity contribution in [2.24, 2.45) is 16.3 Å². The van der Waals surface area contributed by atoms with Gasteiger partial charge in [0.15, 0.2) is 0 Å². The minimum Gasteiger partial charge on any atom is -0.352 e. The summed E-state index contributed by atoms with van der Waals surface area (Å²) < 4.78 is 0. The second-order valence-corrected chi connectivity index (χ2v) is 6.01. The molecule has 0 aliphatic carbocycles. The third-order valence-electron chi connectivity index (χ3n) is 4.84. The fraction of sp³-hybridized carbons (Fsp3) is 0.562. The lowest BCUT2D eigenvalue weighted by Crippen LogP contribution is -2.36. The molecule has 0 aromatic carbocycles. The summed E-state index contributed by atoms with van der Waals surface area (Å²) in [5.74, 6) is 0.496. The number of dihydropyridines is 1. The van der Waals surface area contributed by atoms with Gasteiger partial charge in [-0.15, -0.1) is 0 Å². The van der Waals surface area contributed by atoms with E-state index in [2.05, 4.69) is 43.6 Å². The van der Waals surface area contributed by atoms with E-state index in [4.69, 9.17) is 4.99 Å². The number of rotatable bonds is 1. The van der Waals surface area contributed by atoms with Crippen LogP contribution in [0.3, 0.4) is 0 Å². The molecule has 2 nitrogen and oxygen atoms in total. The predicted octanol–water partition coefficient (Wildman–Crippen LogP) is 3.54. The van der Waals surface area contributed by atoms with Gasteiger partial charge in [-0.2, -0.15) is 0 Å². The second-order valence-electron chi connectivity index (χ2n) is 6.01. The molecule has 0 saturated carbocycles. The highest BCUT2D eigenvalue weighted by Gasteiger charge is 2.43. The van der Waals surface area contributed by atoms with Gasteiger partial charge >= 0.3 is 0 Å². The number of aliphatic imine (C=N–C) groups is 1. The molecule has 3 atom stereocenters. The van der Waals surface area contributed by atoms with Crippen LogP contribution in [0.2, 0.25) is 0 Å². The molecule has 2 heteroatoms. The van der Waals surface area contributed by atoms with Crippen molar-refractivity contribution >= 4 is 6.21 Å². The van der Waals surface area contributed by atoms with Gasteiger partial charge in [-0.1, -0.05) is 32.1 Å². The minimum atomic E-state index is 0.300. The van der Waals surface area contributed by atoms with Crippen molar-refractivity contribution < 1.29 is 0 Å². The largest absolute Gasteiger partial charge is 0.352 e. The summed E-state index contributed by atoms with van der Waals surface area (Å²) in [7, 11) is 0. The van der Waals surface area contributed by atoms with Gasteiger partial charge in [0.1, 0.15) is 6.17 Å². The first-order valence-corrected chi connectivity index (χ1v) is 7.00. The Bertz CT molecular complexity index is 458. The molecule has 3 unspecified atom stereocenters. The van der Waals surface area contributed by atoms with Crippen LogP contribution in [0.5, 0.6) is 0 Å². The predicted molar refractivity (Wildman–Crippen MR) is 76.5 cm³/mol. The first kappa shape index (κ1) is 11.8. The molecule has 0 aromatic heterocycles. The summed E-state index contributed by atoms with van der Waals surface area (Å²) >= 11 is 0. The molecule has 0 radical (unpaired) electrons. The van der Waals surface area contributed by atoms with E-state index in [1.807, 2.05) is 6.21 Å². The fourth-order valence-corrected chi connectivity index (χ4v) is 3.43. The van der Waals surface area contributed by atoms with E-state index in [9.17, 15) is 0 Å². The second kappa shape index (κ2) is 4.11. The van der Waals surface area contributed by atoms with Gasteiger partial charge in [0.2, 0.25) is 0 Å². The van der Waals surface area contributed by atoms with Gasteiger partial charge in [0.05, 0.1) is 0 Å². The Hall–Kier alpha value is -1.31. The molecule has 96 valence electrons. The van der Waals surface area contributed by atoms with E-state index in [1.54, 1.807) is 0 Å². The van der Waals surface area contributed by atoms with Crippen LogP contribution in [-0.4, -0.2) is 23.8 Å². The average Bonchev–Trinajstić information content (AvgIpc) is 2.61. The van der Waals surface area contributed by atoms with E-state index in [0.29, 0.717) is 17.5 Å². The molecule has 0 aromatic rings. The molecule has 3 rings (SSSR count). The van der Waals surface area contributed by atoms with Crippen LogP contribution in [0.15, 0.2) is 41.1 Å². The summed E-state index contributed by atoms with van der Waals surface area (Å²) in [6.45, 7) is 10.0. The van der Waals surface area contributed by atoms with Gasteiger partial charge in [0, 0.05) is 29.8 Å². The van der Waals surface area contributed by atoms with Crippen LogP contribution in [0.4, 0.5) is 0 Å². The zero-order chi connectivity index (χ0) is 12.8. The van der Waals surface area contributed by atoms with Crippen molar-refractivity contribution in [3.8, 4) is 0 Å². The number of allylic oxidation sites excluding steroid dienone is 4. The zero-order valence-corrected chi connectivity index (χ0v) is 11.4. The monoisotopic (exact) mass is 242 g/mol. The highest BCUT2D eigenvalue weighted by atomic mass is 15.3. The summed E-state index contributed by atoms with van der Waals surface area (Å²) in [5, 5.41) is 0.